The zero-order chi connectivity index (χ0) is 15.9. The summed E-state index contributed by atoms with van der Waals surface area (Å²) < 4.78 is 5.51. The first-order valence-corrected chi connectivity index (χ1v) is 7.95. The van der Waals surface area contributed by atoms with E-state index in [9.17, 15) is 4.79 Å². The van der Waals surface area contributed by atoms with E-state index in [0.717, 1.165) is 37.3 Å². The Labute approximate surface area is 132 Å². The van der Waals surface area contributed by atoms with Gasteiger partial charge in [0.1, 0.15) is 5.60 Å². The van der Waals surface area contributed by atoms with Gasteiger partial charge in [0.15, 0.2) is 0 Å². The summed E-state index contributed by atoms with van der Waals surface area (Å²) in [6.45, 7) is 7.16. The van der Waals surface area contributed by atoms with Gasteiger partial charge in [0, 0.05) is 36.5 Å². The Balaban J connectivity index is 1.73. The minimum atomic E-state index is -0.443. The molecular formula is C17H25N3O2. The maximum absolute atomic E-state index is 12.3. The van der Waals surface area contributed by atoms with Gasteiger partial charge in [-0.2, -0.15) is 0 Å². The molecule has 3 rings (SSSR count). The summed E-state index contributed by atoms with van der Waals surface area (Å²) >= 11 is 0. The van der Waals surface area contributed by atoms with Crippen LogP contribution in [-0.2, 0) is 4.74 Å². The summed E-state index contributed by atoms with van der Waals surface area (Å²) in [5.74, 6) is 0. The Morgan fingerprint density at radius 1 is 1.23 bits per heavy atom. The number of ether oxygens (including phenoxy) is 1. The highest BCUT2D eigenvalue weighted by Crippen LogP contribution is 2.35. The first-order valence-electron chi connectivity index (χ1n) is 7.95. The fraction of sp³-hybridized carbons (Fsp3) is 0.588. The van der Waals surface area contributed by atoms with Crippen LogP contribution in [0.25, 0.3) is 0 Å². The number of nitrogens with two attached hydrogens (primary N) is 1. The Kier molecular flexibility index (Phi) is 3.67. The molecule has 2 atom stereocenters. The number of hydrogen-bond donors (Lipinski definition) is 1. The molecule has 0 aliphatic carbocycles. The van der Waals surface area contributed by atoms with Crippen LogP contribution in [0.4, 0.5) is 16.2 Å². The molecule has 2 aliphatic heterocycles. The van der Waals surface area contributed by atoms with Crippen molar-refractivity contribution in [2.75, 3.05) is 23.7 Å². The van der Waals surface area contributed by atoms with Crippen LogP contribution in [0.1, 0.15) is 33.6 Å². The van der Waals surface area contributed by atoms with Gasteiger partial charge in [0.05, 0.1) is 0 Å². The third-order valence-corrected chi connectivity index (χ3v) is 4.30. The van der Waals surface area contributed by atoms with E-state index in [2.05, 4.69) is 11.0 Å². The van der Waals surface area contributed by atoms with Crippen molar-refractivity contribution in [1.82, 2.24) is 4.90 Å². The number of nitrogens with zero attached hydrogens (tertiary/aromatic N) is 2. The van der Waals surface area contributed by atoms with Crippen LogP contribution in [0, 0.1) is 0 Å². The molecule has 0 radical (unpaired) electrons. The van der Waals surface area contributed by atoms with Gasteiger partial charge in [-0.15, -0.1) is 0 Å². The number of rotatable bonds is 1. The van der Waals surface area contributed by atoms with Crippen LogP contribution >= 0.6 is 0 Å². The topological polar surface area (TPSA) is 58.8 Å². The normalized spacial score (nSPS) is 24.5. The number of amides is 1. The molecule has 2 aliphatic rings. The molecule has 2 saturated heterocycles. The summed E-state index contributed by atoms with van der Waals surface area (Å²) in [5.41, 5.74) is 7.41. The molecule has 5 heteroatoms. The van der Waals surface area contributed by atoms with Gasteiger partial charge >= 0.3 is 6.09 Å². The Hall–Kier alpha value is -1.91. The van der Waals surface area contributed by atoms with Gasteiger partial charge < -0.3 is 20.3 Å². The second-order valence-corrected chi connectivity index (χ2v) is 7.27. The maximum Gasteiger partial charge on any atom is 0.410 e. The van der Waals surface area contributed by atoms with Gasteiger partial charge in [-0.1, -0.05) is 6.07 Å². The van der Waals surface area contributed by atoms with E-state index in [0.29, 0.717) is 12.1 Å². The van der Waals surface area contributed by atoms with E-state index in [1.165, 1.54) is 0 Å². The molecule has 0 spiro atoms. The van der Waals surface area contributed by atoms with Crippen LogP contribution < -0.4 is 10.6 Å². The van der Waals surface area contributed by atoms with Crippen molar-refractivity contribution < 1.29 is 9.53 Å². The maximum atomic E-state index is 12.3. The smallest absolute Gasteiger partial charge is 0.410 e. The standard InChI is InChI=1S/C17H25N3O2/c1-17(2,3)22-16(21)19-10-14-7-8-15(11-19)20(14)13-6-4-5-12(18)9-13/h4-6,9,14-15H,7-8,10-11,18H2,1-3H3/t14-,15+. The number of anilines is 2. The number of nitrogen functional groups attached to an aromatic ring is 1. The molecule has 2 heterocycles. The fourth-order valence-corrected chi connectivity index (χ4v) is 3.49. The minimum absolute atomic E-state index is 0.198. The van der Waals surface area contributed by atoms with Gasteiger partial charge in [0.25, 0.3) is 0 Å². The van der Waals surface area contributed by atoms with Gasteiger partial charge in [0.2, 0.25) is 0 Å². The lowest BCUT2D eigenvalue weighted by atomic mass is 10.1. The van der Waals surface area contributed by atoms with E-state index in [1.807, 2.05) is 43.9 Å². The fourth-order valence-electron chi connectivity index (χ4n) is 3.49. The Morgan fingerprint density at radius 2 is 1.86 bits per heavy atom. The average Bonchev–Trinajstić information content (AvgIpc) is 2.67. The molecule has 1 aromatic rings. The predicted molar refractivity (Wildman–Crippen MR) is 88.0 cm³/mol. The molecule has 2 fully saturated rings. The minimum Gasteiger partial charge on any atom is -0.444 e. The third kappa shape index (κ3) is 2.98. The monoisotopic (exact) mass is 303 g/mol. The van der Waals surface area contributed by atoms with Crippen LogP contribution in [0.15, 0.2) is 24.3 Å². The van der Waals surface area contributed by atoms with E-state index in [-0.39, 0.29) is 6.09 Å². The number of carbonyl (C=O) groups is 1. The van der Waals surface area contributed by atoms with E-state index < -0.39 is 5.60 Å². The zero-order valence-corrected chi connectivity index (χ0v) is 13.6. The van der Waals surface area contributed by atoms with Crippen LogP contribution in [0.5, 0.6) is 0 Å². The van der Waals surface area contributed by atoms with Crippen LogP contribution in [0.3, 0.4) is 0 Å². The van der Waals surface area contributed by atoms with Crippen LogP contribution in [0.2, 0.25) is 0 Å². The highest BCUT2D eigenvalue weighted by atomic mass is 16.6. The number of fused-ring (bicyclic) bond motifs is 2. The van der Waals surface area contributed by atoms with E-state index in [4.69, 9.17) is 10.5 Å². The van der Waals surface area contributed by atoms with E-state index in [1.54, 1.807) is 0 Å². The Morgan fingerprint density at radius 3 is 2.41 bits per heavy atom. The summed E-state index contributed by atoms with van der Waals surface area (Å²) in [4.78, 5) is 16.6. The molecule has 22 heavy (non-hydrogen) atoms. The molecule has 2 N–H and O–H groups in total. The van der Waals surface area contributed by atoms with Crippen molar-refractivity contribution in [1.29, 1.82) is 0 Å². The van der Waals surface area contributed by atoms with Crippen molar-refractivity contribution in [2.24, 2.45) is 0 Å². The van der Waals surface area contributed by atoms with Crippen molar-refractivity contribution in [2.45, 2.75) is 51.3 Å². The highest BCUT2D eigenvalue weighted by Gasteiger charge is 2.42. The summed E-state index contributed by atoms with van der Waals surface area (Å²) in [6, 6.07) is 8.73. The lowest BCUT2D eigenvalue weighted by Gasteiger charge is -2.42. The molecule has 2 bridgehead atoms. The second-order valence-electron chi connectivity index (χ2n) is 7.27. The molecule has 5 nitrogen and oxygen atoms in total. The molecule has 0 aromatic heterocycles. The van der Waals surface area contributed by atoms with Crippen molar-refractivity contribution in [3.63, 3.8) is 0 Å². The molecule has 1 aromatic carbocycles. The summed E-state index contributed by atoms with van der Waals surface area (Å²) in [5, 5.41) is 0. The van der Waals surface area contributed by atoms with Gasteiger partial charge in [-0.3, -0.25) is 0 Å². The first kappa shape index (κ1) is 15.0. The van der Waals surface area contributed by atoms with Crippen molar-refractivity contribution >= 4 is 17.5 Å². The van der Waals surface area contributed by atoms with Gasteiger partial charge in [-0.05, 0) is 51.8 Å². The van der Waals surface area contributed by atoms with Crippen molar-refractivity contribution in [3.05, 3.63) is 24.3 Å². The number of benzene rings is 1. The predicted octanol–water partition coefficient (Wildman–Crippen LogP) is 2.86. The number of carbonyl (C=O) groups excluding carboxylic acids is 1. The SMILES string of the molecule is CC(C)(C)OC(=O)N1C[C@H]2CC[C@@H](C1)N2c1cccc(N)c1. The lowest BCUT2D eigenvalue weighted by Crippen LogP contribution is -2.56. The molecule has 0 saturated carbocycles. The lowest BCUT2D eigenvalue weighted by molar-refractivity contribution is 0.0209. The van der Waals surface area contributed by atoms with E-state index >= 15 is 0 Å². The van der Waals surface area contributed by atoms with Crippen molar-refractivity contribution in [3.8, 4) is 0 Å². The summed E-state index contributed by atoms with van der Waals surface area (Å²) in [7, 11) is 0. The Bertz CT molecular complexity index is 553. The second kappa shape index (κ2) is 5.38. The first-order chi connectivity index (χ1) is 10.3. The molecule has 0 unspecified atom stereocenters. The average molecular weight is 303 g/mol. The molecule has 1 amide bonds. The quantitative estimate of drug-likeness (QED) is 0.811. The molecular weight excluding hydrogens is 278 g/mol. The number of piperazine rings is 1. The largest absolute Gasteiger partial charge is 0.444 e. The third-order valence-electron chi connectivity index (χ3n) is 4.30. The highest BCUT2D eigenvalue weighted by molar-refractivity contribution is 5.69. The zero-order valence-electron chi connectivity index (χ0n) is 13.6. The summed E-state index contributed by atoms with van der Waals surface area (Å²) in [6.07, 6.45) is 2.02. The number of hydrogen-bond acceptors (Lipinski definition) is 4. The number of likely N-dealkylation sites (tertiary alicyclic amines) is 1. The molecule has 120 valence electrons. The van der Waals surface area contributed by atoms with Gasteiger partial charge in [-0.25, -0.2) is 4.79 Å². The van der Waals surface area contributed by atoms with Crippen LogP contribution in [-0.4, -0.2) is 41.8 Å².